The van der Waals surface area contributed by atoms with E-state index in [0.717, 1.165) is 13.1 Å². The highest BCUT2D eigenvalue weighted by Gasteiger charge is 2.37. The Bertz CT molecular complexity index is 373. The molecule has 0 aliphatic heterocycles. The van der Waals surface area contributed by atoms with E-state index in [9.17, 15) is 8.78 Å². The van der Waals surface area contributed by atoms with Gasteiger partial charge in [0.15, 0.2) is 0 Å². The second-order valence-electron chi connectivity index (χ2n) is 5.62. The van der Waals surface area contributed by atoms with Crippen LogP contribution in [0.4, 0.5) is 8.78 Å². The Hall–Kier alpha value is -0.960. The molecule has 0 saturated heterocycles. The van der Waals surface area contributed by atoms with E-state index in [-0.39, 0.29) is 5.56 Å². The Balaban J connectivity index is 1.80. The van der Waals surface area contributed by atoms with Crippen LogP contribution in [0.1, 0.15) is 43.7 Å². The summed E-state index contributed by atoms with van der Waals surface area (Å²) < 4.78 is 24.8. The third kappa shape index (κ3) is 3.52. The summed E-state index contributed by atoms with van der Waals surface area (Å²) in [6.45, 7) is 6.48. The van der Waals surface area contributed by atoms with Crippen LogP contribution in [-0.2, 0) is 0 Å². The lowest BCUT2D eigenvalue weighted by Crippen LogP contribution is -2.22. The Morgan fingerprint density at radius 2 is 1.89 bits per heavy atom. The van der Waals surface area contributed by atoms with Gasteiger partial charge in [0.25, 0.3) is 6.43 Å². The maximum Gasteiger partial charge on any atom is 0.263 e. The van der Waals surface area contributed by atoms with Crippen molar-refractivity contribution in [2.45, 2.75) is 32.6 Å². The van der Waals surface area contributed by atoms with Crippen LogP contribution < -0.4 is 5.32 Å². The average Bonchev–Trinajstić information content (AvgIpc) is 3.08. The molecule has 1 aromatic carbocycles. The average molecular weight is 253 g/mol. The molecule has 0 amide bonds. The van der Waals surface area contributed by atoms with Crippen LogP contribution in [0.5, 0.6) is 0 Å². The van der Waals surface area contributed by atoms with Crippen molar-refractivity contribution >= 4 is 0 Å². The molecule has 1 aliphatic carbocycles. The van der Waals surface area contributed by atoms with Crippen molar-refractivity contribution in [3.8, 4) is 0 Å². The van der Waals surface area contributed by atoms with E-state index in [2.05, 4.69) is 19.2 Å². The summed E-state index contributed by atoms with van der Waals surface area (Å²) in [5.74, 6) is 1.92. The molecule has 1 fully saturated rings. The molecule has 0 aromatic heterocycles. The molecular formula is C15H21F2N. The third-order valence-electron chi connectivity index (χ3n) is 3.50. The van der Waals surface area contributed by atoms with E-state index in [1.54, 1.807) is 12.1 Å². The van der Waals surface area contributed by atoms with Gasteiger partial charge in [-0.15, -0.1) is 0 Å². The first-order valence-corrected chi connectivity index (χ1v) is 6.66. The number of rotatable bonds is 6. The number of halogens is 2. The van der Waals surface area contributed by atoms with E-state index >= 15 is 0 Å². The van der Waals surface area contributed by atoms with Gasteiger partial charge in [-0.25, -0.2) is 8.78 Å². The quantitative estimate of drug-likeness (QED) is 0.808. The lowest BCUT2D eigenvalue weighted by atomic mass is 10.1. The topological polar surface area (TPSA) is 12.0 Å². The zero-order valence-electron chi connectivity index (χ0n) is 11.0. The van der Waals surface area contributed by atoms with E-state index in [4.69, 9.17) is 0 Å². The molecule has 100 valence electrons. The van der Waals surface area contributed by atoms with Crippen LogP contribution in [0.25, 0.3) is 0 Å². The summed E-state index contributed by atoms with van der Waals surface area (Å²) in [5, 5.41) is 3.46. The Morgan fingerprint density at radius 1 is 1.22 bits per heavy atom. The lowest BCUT2D eigenvalue weighted by molar-refractivity contribution is 0.151. The molecule has 18 heavy (non-hydrogen) atoms. The molecule has 2 rings (SSSR count). The van der Waals surface area contributed by atoms with Gasteiger partial charge in [-0.2, -0.15) is 0 Å². The van der Waals surface area contributed by atoms with Gasteiger partial charge < -0.3 is 5.32 Å². The summed E-state index contributed by atoms with van der Waals surface area (Å²) >= 11 is 0. The van der Waals surface area contributed by atoms with Crippen molar-refractivity contribution in [3.63, 3.8) is 0 Å². The fourth-order valence-corrected chi connectivity index (χ4v) is 2.33. The smallest absolute Gasteiger partial charge is 0.263 e. The number of alkyl halides is 2. The minimum atomic E-state index is -2.36. The zero-order chi connectivity index (χ0) is 13.1. The SMILES string of the molecule is CC(C)CNCC1CC1c1ccc(C(F)F)cc1. The van der Waals surface area contributed by atoms with Crippen LogP contribution in [0.15, 0.2) is 24.3 Å². The Kier molecular flexibility index (Phi) is 4.33. The van der Waals surface area contributed by atoms with Crippen LogP contribution in [-0.4, -0.2) is 13.1 Å². The molecule has 1 aliphatic rings. The molecule has 1 nitrogen and oxygen atoms in total. The zero-order valence-corrected chi connectivity index (χ0v) is 11.0. The van der Waals surface area contributed by atoms with Crippen molar-refractivity contribution in [1.82, 2.24) is 5.32 Å². The fraction of sp³-hybridized carbons (Fsp3) is 0.600. The Morgan fingerprint density at radius 3 is 2.44 bits per heavy atom. The summed E-state index contributed by atoms with van der Waals surface area (Å²) in [6, 6.07) is 6.82. The largest absolute Gasteiger partial charge is 0.316 e. The van der Waals surface area contributed by atoms with Gasteiger partial charge in [0.1, 0.15) is 0 Å². The van der Waals surface area contributed by atoms with Gasteiger partial charge in [0.05, 0.1) is 0 Å². The van der Waals surface area contributed by atoms with Gasteiger partial charge in [-0.3, -0.25) is 0 Å². The normalized spacial score (nSPS) is 22.8. The lowest BCUT2D eigenvalue weighted by Gasteiger charge is -2.07. The fourth-order valence-electron chi connectivity index (χ4n) is 2.33. The maximum absolute atomic E-state index is 12.4. The van der Waals surface area contributed by atoms with Crippen LogP contribution in [0.2, 0.25) is 0 Å². The standard InChI is InChI=1S/C15H21F2N/c1-10(2)8-18-9-13-7-14(13)11-3-5-12(6-4-11)15(16)17/h3-6,10,13-15,18H,7-9H2,1-2H3. The van der Waals surface area contributed by atoms with Crippen molar-refractivity contribution in [3.05, 3.63) is 35.4 Å². The van der Waals surface area contributed by atoms with Gasteiger partial charge >= 0.3 is 0 Å². The molecule has 1 aromatic rings. The van der Waals surface area contributed by atoms with Gasteiger partial charge in [0, 0.05) is 5.56 Å². The third-order valence-corrected chi connectivity index (χ3v) is 3.50. The minimum Gasteiger partial charge on any atom is -0.316 e. The highest BCUT2D eigenvalue weighted by Crippen LogP contribution is 2.47. The number of benzene rings is 1. The summed E-state index contributed by atoms with van der Waals surface area (Å²) in [5.41, 5.74) is 1.32. The molecule has 2 unspecified atom stereocenters. The number of nitrogens with one attached hydrogen (secondary N) is 1. The van der Waals surface area contributed by atoms with E-state index in [0.29, 0.717) is 17.8 Å². The first-order chi connectivity index (χ1) is 8.58. The first-order valence-electron chi connectivity index (χ1n) is 6.66. The van der Waals surface area contributed by atoms with Crippen LogP contribution >= 0.6 is 0 Å². The molecule has 0 bridgehead atoms. The second-order valence-corrected chi connectivity index (χ2v) is 5.62. The van der Waals surface area contributed by atoms with Crippen LogP contribution in [0, 0.1) is 11.8 Å². The van der Waals surface area contributed by atoms with Crippen LogP contribution in [0.3, 0.4) is 0 Å². The van der Waals surface area contributed by atoms with Gasteiger partial charge in [0.2, 0.25) is 0 Å². The maximum atomic E-state index is 12.4. The van der Waals surface area contributed by atoms with Crippen molar-refractivity contribution < 1.29 is 8.78 Å². The van der Waals surface area contributed by atoms with Crippen molar-refractivity contribution in [1.29, 1.82) is 0 Å². The predicted octanol–water partition coefficient (Wildman–Crippen LogP) is 3.97. The first kappa shape index (κ1) is 13.5. The molecular weight excluding hydrogens is 232 g/mol. The number of hydrogen-bond acceptors (Lipinski definition) is 1. The molecule has 3 heteroatoms. The molecule has 1 N–H and O–H groups in total. The van der Waals surface area contributed by atoms with Crippen molar-refractivity contribution in [2.75, 3.05) is 13.1 Å². The van der Waals surface area contributed by atoms with Gasteiger partial charge in [-0.1, -0.05) is 38.1 Å². The Labute approximate surface area is 108 Å². The predicted molar refractivity (Wildman–Crippen MR) is 70.0 cm³/mol. The summed E-state index contributed by atoms with van der Waals surface area (Å²) in [6.07, 6.45) is -1.18. The molecule has 0 radical (unpaired) electrons. The van der Waals surface area contributed by atoms with E-state index in [1.165, 1.54) is 12.0 Å². The molecule has 0 spiro atoms. The summed E-state index contributed by atoms with van der Waals surface area (Å²) in [7, 11) is 0. The van der Waals surface area contributed by atoms with Gasteiger partial charge in [-0.05, 0) is 42.8 Å². The molecule has 0 heterocycles. The second kappa shape index (κ2) is 5.79. The number of hydrogen-bond donors (Lipinski definition) is 1. The van der Waals surface area contributed by atoms with Crippen molar-refractivity contribution in [2.24, 2.45) is 11.8 Å². The summed E-state index contributed by atoms with van der Waals surface area (Å²) in [4.78, 5) is 0. The van der Waals surface area contributed by atoms with E-state index in [1.807, 2.05) is 12.1 Å². The monoisotopic (exact) mass is 253 g/mol. The highest BCUT2D eigenvalue weighted by molar-refractivity contribution is 5.30. The molecule has 2 atom stereocenters. The minimum absolute atomic E-state index is 0.119. The highest BCUT2D eigenvalue weighted by atomic mass is 19.3. The van der Waals surface area contributed by atoms with E-state index < -0.39 is 6.43 Å². The molecule has 1 saturated carbocycles.